The number of aliphatic hydroxyl groups is 1. The Hall–Kier alpha value is -1.58. The Labute approximate surface area is 205 Å². The van der Waals surface area contributed by atoms with Gasteiger partial charge < -0.3 is 14.6 Å². The first-order chi connectivity index (χ1) is 15.8. The van der Waals surface area contributed by atoms with Crippen LogP contribution in [0.15, 0.2) is 21.9 Å². The Bertz CT molecular complexity index is 781. The van der Waals surface area contributed by atoms with Gasteiger partial charge in [0.25, 0.3) is 0 Å². The molecule has 9 heteroatoms. The number of carbonyl (C=O) groups excluding carboxylic acids is 2. The van der Waals surface area contributed by atoms with E-state index in [0.29, 0.717) is 31.0 Å². The summed E-state index contributed by atoms with van der Waals surface area (Å²) >= 11 is 2.91. The van der Waals surface area contributed by atoms with Crippen LogP contribution in [0.4, 0.5) is 4.79 Å². The molecule has 7 nitrogen and oxygen atoms in total. The number of esters is 1. The number of hydrogen-bond acceptors (Lipinski definition) is 8. The normalized spacial score (nSPS) is 20.3. The van der Waals surface area contributed by atoms with Gasteiger partial charge in [-0.15, -0.1) is 11.3 Å². The summed E-state index contributed by atoms with van der Waals surface area (Å²) in [6.45, 7) is 8.86. The van der Waals surface area contributed by atoms with Gasteiger partial charge in [-0.05, 0) is 33.1 Å². The highest BCUT2D eigenvalue weighted by Gasteiger charge is 2.37. The number of hydrogen-bond donors (Lipinski definition) is 1. The fraction of sp³-hybridized carbons (Fsp3) is 0.708. The quantitative estimate of drug-likeness (QED) is 0.144. The molecule has 33 heavy (non-hydrogen) atoms. The monoisotopic (exact) mass is 498 g/mol. The summed E-state index contributed by atoms with van der Waals surface area (Å²) in [6, 6.07) is -0.162. The molecule has 0 spiro atoms. The van der Waals surface area contributed by atoms with Gasteiger partial charge in [-0.25, -0.2) is 14.6 Å². The van der Waals surface area contributed by atoms with E-state index in [9.17, 15) is 14.7 Å². The van der Waals surface area contributed by atoms with Crippen LogP contribution >= 0.6 is 23.1 Å². The number of aromatic nitrogens is 1. The first kappa shape index (κ1) is 27.7. The summed E-state index contributed by atoms with van der Waals surface area (Å²) in [4.78, 5) is 30.4. The molecule has 3 atom stereocenters. The SMILES string of the molecule is CCCCCC(C)(O)CC=C[C@H]1[C@H](C)OC(=O)N1CCSc1nc(C(=O)OCCCC)cs1. The number of thioether (sulfide) groups is 1. The van der Waals surface area contributed by atoms with Crippen molar-refractivity contribution in [2.24, 2.45) is 0 Å². The number of thiazole rings is 1. The molecular formula is C24H38N2O5S2. The smallest absolute Gasteiger partial charge is 0.410 e. The fourth-order valence-corrected chi connectivity index (χ4v) is 5.33. The predicted octanol–water partition coefficient (Wildman–Crippen LogP) is 5.68. The first-order valence-corrected chi connectivity index (χ1v) is 13.8. The lowest BCUT2D eigenvalue weighted by Crippen LogP contribution is -2.36. The first-order valence-electron chi connectivity index (χ1n) is 11.9. The lowest BCUT2D eigenvalue weighted by Gasteiger charge is -2.23. The van der Waals surface area contributed by atoms with Crippen LogP contribution in [0.5, 0.6) is 0 Å². The molecule has 0 aliphatic carbocycles. The lowest BCUT2D eigenvalue weighted by atomic mass is 9.94. The van der Waals surface area contributed by atoms with Crippen LogP contribution in [-0.2, 0) is 9.47 Å². The van der Waals surface area contributed by atoms with Crippen LogP contribution in [0.1, 0.15) is 83.1 Å². The van der Waals surface area contributed by atoms with E-state index in [0.717, 1.165) is 42.9 Å². The van der Waals surface area contributed by atoms with E-state index >= 15 is 0 Å². The summed E-state index contributed by atoms with van der Waals surface area (Å²) in [5, 5.41) is 12.3. The second-order valence-corrected chi connectivity index (χ2v) is 10.9. The third kappa shape index (κ3) is 9.29. The van der Waals surface area contributed by atoms with E-state index in [4.69, 9.17) is 9.47 Å². The molecule has 186 valence electrons. The maximum absolute atomic E-state index is 12.3. The van der Waals surface area contributed by atoms with Crippen LogP contribution in [0.25, 0.3) is 0 Å². The number of nitrogens with zero attached hydrogens (tertiary/aromatic N) is 2. The second kappa shape index (κ2) is 14.0. The number of unbranched alkanes of at least 4 members (excludes halogenated alkanes) is 3. The molecule has 1 fully saturated rings. The summed E-state index contributed by atoms with van der Waals surface area (Å²) < 4.78 is 11.4. The Kier molecular flexibility index (Phi) is 11.7. The zero-order valence-electron chi connectivity index (χ0n) is 20.2. The molecule has 2 heterocycles. The number of rotatable bonds is 15. The highest BCUT2D eigenvalue weighted by atomic mass is 32.2. The summed E-state index contributed by atoms with van der Waals surface area (Å²) in [5.74, 6) is 0.248. The zero-order valence-corrected chi connectivity index (χ0v) is 21.9. The summed E-state index contributed by atoms with van der Waals surface area (Å²) in [5.41, 5.74) is -0.404. The van der Waals surface area contributed by atoms with Crippen LogP contribution < -0.4 is 0 Å². The van der Waals surface area contributed by atoms with Crippen LogP contribution in [0.2, 0.25) is 0 Å². The fourth-order valence-electron chi connectivity index (χ4n) is 3.52. The molecule has 0 bridgehead atoms. The molecule has 1 amide bonds. The van der Waals surface area contributed by atoms with E-state index < -0.39 is 5.60 Å². The third-order valence-corrected chi connectivity index (χ3v) is 7.55. The Balaban J connectivity index is 1.83. The molecule has 0 radical (unpaired) electrons. The third-order valence-electron chi connectivity index (χ3n) is 5.55. The van der Waals surface area contributed by atoms with Crippen molar-refractivity contribution in [3.05, 3.63) is 23.2 Å². The average Bonchev–Trinajstić information content (AvgIpc) is 3.33. The molecule has 2 rings (SSSR count). The molecule has 1 aromatic heterocycles. The molecule has 1 aromatic rings. The summed E-state index contributed by atoms with van der Waals surface area (Å²) in [6.07, 6.45) is 9.75. The second-order valence-electron chi connectivity index (χ2n) is 8.70. The van der Waals surface area contributed by atoms with E-state index in [-0.39, 0.29) is 24.2 Å². The number of amides is 1. The number of ether oxygens (including phenoxy) is 2. The van der Waals surface area contributed by atoms with Gasteiger partial charge in [-0.3, -0.25) is 4.90 Å². The van der Waals surface area contributed by atoms with Gasteiger partial charge in [-0.1, -0.05) is 63.4 Å². The number of cyclic esters (lactones) is 1. The topological polar surface area (TPSA) is 89.0 Å². The minimum Gasteiger partial charge on any atom is -0.461 e. The molecule has 0 saturated carbocycles. The van der Waals surface area contributed by atoms with Gasteiger partial charge in [0.2, 0.25) is 0 Å². The largest absolute Gasteiger partial charge is 0.461 e. The molecule has 1 aliphatic rings. The van der Waals surface area contributed by atoms with Crippen molar-refractivity contribution < 1.29 is 24.2 Å². The van der Waals surface area contributed by atoms with E-state index in [1.54, 1.807) is 10.3 Å². The van der Waals surface area contributed by atoms with Crippen molar-refractivity contribution in [2.45, 2.75) is 94.7 Å². The van der Waals surface area contributed by atoms with Crippen LogP contribution in [0, 0.1) is 0 Å². The van der Waals surface area contributed by atoms with Crippen molar-refractivity contribution in [1.82, 2.24) is 9.88 Å². The van der Waals surface area contributed by atoms with E-state index in [2.05, 4.69) is 11.9 Å². The van der Waals surface area contributed by atoms with Crippen LogP contribution in [0.3, 0.4) is 0 Å². The zero-order chi connectivity index (χ0) is 24.3. The number of carbonyl (C=O) groups is 2. The molecule has 1 unspecified atom stereocenters. The van der Waals surface area contributed by atoms with Gasteiger partial charge in [0.1, 0.15) is 6.10 Å². The van der Waals surface area contributed by atoms with Crippen molar-refractivity contribution in [2.75, 3.05) is 18.9 Å². The maximum Gasteiger partial charge on any atom is 0.410 e. The molecule has 1 N–H and O–H groups in total. The minimum absolute atomic E-state index is 0.162. The molecule has 0 aromatic carbocycles. The van der Waals surface area contributed by atoms with E-state index in [1.807, 2.05) is 32.9 Å². The van der Waals surface area contributed by atoms with Crippen LogP contribution in [-0.4, -0.2) is 63.7 Å². The van der Waals surface area contributed by atoms with Gasteiger partial charge in [0, 0.05) is 17.7 Å². The van der Waals surface area contributed by atoms with Crippen molar-refractivity contribution >= 4 is 35.2 Å². The summed E-state index contributed by atoms with van der Waals surface area (Å²) in [7, 11) is 0. The molecule has 1 aliphatic heterocycles. The van der Waals surface area contributed by atoms with Crippen molar-refractivity contribution in [3.63, 3.8) is 0 Å². The van der Waals surface area contributed by atoms with Crippen molar-refractivity contribution in [1.29, 1.82) is 0 Å². The standard InChI is InChI=1S/C24H38N2O5S2/c1-5-7-9-12-24(4,29)13-10-11-20-18(3)31-23(28)26(20)14-16-32-22-25-19(17-33-22)21(27)30-15-8-6-2/h10-11,17-18,20,29H,5-9,12-16H2,1-4H3/t18-,20-,24?/m0/s1. The lowest BCUT2D eigenvalue weighted by molar-refractivity contribution is 0.0490. The van der Waals surface area contributed by atoms with Gasteiger partial charge in [0.15, 0.2) is 10.0 Å². The van der Waals surface area contributed by atoms with E-state index in [1.165, 1.54) is 23.1 Å². The van der Waals surface area contributed by atoms with Gasteiger partial charge in [-0.2, -0.15) is 0 Å². The van der Waals surface area contributed by atoms with Gasteiger partial charge >= 0.3 is 12.1 Å². The Morgan fingerprint density at radius 1 is 1.36 bits per heavy atom. The molecule has 1 saturated heterocycles. The maximum atomic E-state index is 12.3. The van der Waals surface area contributed by atoms with Crippen molar-refractivity contribution in [3.8, 4) is 0 Å². The highest BCUT2D eigenvalue weighted by Crippen LogP contribution is 2.26. The van der Waals surface area contributed by atoms with Gasteiger partial charge in [0.05, 0.1) is 18.2 Å². The Morgan fingerprint density at radius 2 is 2.12 bits per heavy atom. The predicted molar refractivity (Wildman–Crippen MR) is 133 cm³/mol. The average molecular weight is 499 g/mol. The highest BCUT2D eigenvalue weighted by molar-refractivity contribution is 8.01. The molecular weight excluding hydrogens is 460 g/mol. The minimum atomic E-state index is -0.737. The Morgan fingerprint density at radius 3 is 2.85 bits per heavy atom.